The Hall–Kier alpha value is -2.61. The second-order valence-corrected chi connectivity index (χ2v) is 7.01. The molecule has 2 N–H and O–H groups in total. The van der Waals surface area contributed by atoms with Crippen LogP contribution in [0.3, 0.4) is 0 Å². The number of hydrogen-bond donors (Lipinski definition) is 2. The Morgan fingerprint density at radius 1 is 1.36 bits per heavy atom. The zero-order valence-electron chi connectivity index (χ0n) is 14.4. The number of pyridine rings is 1. The standard InChI is InChI=1S/C17H20N6OS/c1-10(2)17-20-11(3)14(25-17)16(24)19-8-6-13-21-15(23-22-13)12-5-4-7-18-9-12/h4-5,7,9-10H,6,8H2,1-3H3,(H,19,24)(H,21,22,23). The molecule has 0 aliphatic rings. The van der Waals surface area contributed by atoms with Crippen LogP contribution in [-0.4, -0.2) is 37.6 Å². The predicted octanol–water partition coefficient (Wildman–Crippen LogP) is 2.73. The quantitative estimate of drug-likeness (QED) is 0.708. The molecule has 25 heavy (non-hydrogen) atoms. The van der Waals surface area contributed by atoms with E-state index in [9.17, 15) is 4.79 Å². The minimum Gasteiger partial charge on any atom is -0.351 e. The van der Waals surface area contributed by atoms with E-state index in [1.54, 1.807) is 12.4 Å². The van der Waals surface area contributed by atoms with Gasteiger partial charge in [-0.3, -0.25) is 14.9 Å². The number of thiazole rings is 1. The molecular formula is C17H20N6OS. The molecule has 3 heterocycles. The molecular weight excluding hydrogens is 336 g/mol. The summed E-state index contributed by atoms with van der Waals surface area (Å²) in [6.45, 7) is 6.50. The first-order chi connectivity index (χ1) is 12.0. The number of H-pyrrole nitrogens is 1. The van der Waals surface area contributed by atoms with E-state index in [0.717, 1.165) is 22.1 Å². The van der Waals surface area contributed by atoms with Crippen molar-refractivity contribution in [3.63, 3.8) is 0 Å². The number of hydrogen-bond acceptors (Lipinski definition) is 6. The molecule has 3 rings (SSSR count). The van der Waals surface area contributed by atoms with Crippen molar-refractivity contribution in [1.29, 1.82) is 0 Å². The van der Waals surface area contributed by atoms with E-state index < -0.39 is 0 Å². The first kappa shape index (κ1) is 17.2. The lowest BCUT2D eigenvalue weighted by molar-refractivity contribution is 0.0957. The van der Waals surface area contributed by atoms with Gasteiger partial charge in [0.1, 0.15) is 10.7 Å². The van der Waals surface area contributed by atoms with Crippen LogP contribution in [0.4, 0.5) is 0 Å². The average molecular weight is 356 g/mol. The van der Waals surface area contributed by atoms with Gasteiger partial charge < -0.3 is 5.32 Å². The minimum atomic E-state index is -0.0890. The van der Waals surface area contributed by atoms with Crippen LogP contribution < -0.4 is 5.32 Å². The van der Waals surface area contributed by atoms with Gasteiger partial charge in [-0.1, -0.05) is 13.8 Å². The molecule has 0 aliphatic heterocycles. The number of carbonyl (C=O) groups excluding carboxylic acids is 1. The lowest BCUT2D eigenvalue weighted by Crippen LogP contribution is -2.25. The van der Waals surface area contributed by atoms with E-state index in [2.05, 4.69) is 44.3 Å². The smallest absolute Gasteiger partial charge is 0.263 e. The van der Waals surface area contributed by atoms with Crippen LogP contribution in [0, 0.1) is 6.92 Å². The highest BCUT2D eigenvalue weighted by molar-refractivity contribution is 7.13. The van der Waals surface area contributed by atoms with Gasteiger partial charge in [0.05, 0.1) is 10.7 Å². The van der Waals surface area contributed by atoms with Gasteiger partial charge in [0, 0.05) is 36.8 Å². The van der Waals surface area contributed by atoms with E-state index in [1.807, 2.05) is 19.1 Å². The van der Waals surface area contributed by atoms with Crippen molar-refractivity contribution in [3.05, 3.63) is 45.9 Å². The van der Waals surface area contributed by atoms with Gasteiger partial charge in [0.25, 0.3) is 5.91 Å². The summed E-state index contributed by atoms with van der Waals surface area (Å²) in [5.74, 6) is 1.57. The number of carbonyl (C=O) groups is 1. The van der Waals surface area contributed by atoms with Gasteiger partial charge in [-0.2, -0.15) is 5.10 Å². The third-order valence-electron chi connectivity index (χ3n) is 3.61. The monoisotopic (exact) mass is 356 g/mol. The van der Waals surface area contributed by atoms with Crippen LogP contribution >= 0.6 is 11.3 Å². The Morgan fingerprint density at radius 3 is 2.88 bits per heavy atom. The predicted molar refractivity (Wildman–Crippen MR) is 96.6 cm³/mol. The van der Waals surface area contributed by atoms with Crippen LogP contribution in [0.2, 0.25) is 0 Å². The summed E-state index contributed by atoms with van der Waals surface area (Å²) in [7, 11) is 0. The third kappa shape index (κ3) is 4.08. The number of rotatable bonds is 6. The number of aromatic nitrogens is 5. The van der Waals surface area contributed by atoms with Crippen molar-refractivity contribution in [2.45, 2.75) is 33.1 Å². The second-order valence-electron chi connectivity index (χ2n) is 5.97. The molecule has 0 bridgehead atoms. The summed E-state index contributed by atoms with van der Waals surface area (Å²) in [5, 5.41) is 11.0. The molecule has 0 unspecified atom stereocenters. The van der Waals surface area contributed by atoms with Crippen molar-refractivity contribution >= 4 is 17.2 Å². The number of aryl methyl sites for hydroxylation is 1. The Balaban J connectivity index is 1.56. The van der Waals surface area contributed by atoms with Crippen LogP contribution in [0.25, 0.3) is 11.4 Å². The van der Waals surface area contributed by atoms with Gasteiger partial charge in [0.15, 0.2) is 5.82 Å². The molecule has 0 radical (unpaired) electrons. The Labute approximate surface area is 150 Å². The molecule has 0 aliphatic carbocycles. The van der Waals surface area contributed by atoms with Crippen LogP contribution in [-0.2, 0) is 6.42 Å². The minimum absolute atomic E-state index is 0.0890. The van der Waals surface area contributed by atoms with E-state index in [0.29, 0.717) is 29.6 Å². The molecule has 0 saturated heterocycles. The largest absolute Gasteiger partial charge is 0.351 e. The van der Waals surface area contributed by atoms with E-state index >= 15 is 0 Å². The maximum Gasteiger partial charge on any atom is 0.263 e. The van der Waals surface area contributed by atoms with Gasteiger partial charge in [0.2, 0.25) is 0 Å². The summed E-state index contributed by atoms with van der Waals surface area (Å²) in [6.07, 6.45) is 4.00. The highest BCUT2D eigenvalue weighted by Gasteiger charge is 2.16. The highest BCUT2D eigenvalue weighted by atomic mass is 32.1. The fourth-order valence-corrected chi connectivity index (χ4v) is 3.27. The molecule has 3 aromatic rings. The van der Waals surface area contributed by atoms with Crippen molar-refractivity contribution in [3.8, 4) is 11.4 Å². The molecule has 0 saturated carbocycles. The summed E-state index contributed by atoms with van der Waals surface area (Å²) in [4.78, 5) is 25.9. The van der Waals surface area contributed by atoms with Crippen molar-refractivity contribution < 1.29 is 4.79 Å². The fraction of sp³-hybridized carbons (Fsp3) is 0.353. The third-order valence-corrected chi connectivity index (χ3v) is 5.07. The number of aromatic amines is 1. The topological polar surface area (TPSA) is 96.5 Å². The molecule has 0 spiro atoms. The molecule has 8 heteroatoms. The van der Waals surface area contributed by atoms with Crippen molar-refractivity contribution in [2.75, 3.05) is 6.54 Å². The summed E-state index contributed by atoms with van der Waals surface area (Å²) >= 11 is 1.46. The molecule has 1 amide bonds. The van der Waals surface area contributed by atoms with E-state index in [4.69, 9.17) is 0 Å². The molecule has 0 atom stereocenters. The molecule has 130 valence electrons. The van der Waals surface area contributed by atoms with Gasteiger partial charge in [-0.25, -0.2) is 9.97 Å². The average Bonchev–Trinajstić information content (AvgIpc) is 3.22. The summed E-state index contributed by atoms with van der Waals surface area (Å²) in [6, 6.07) is 3.75. The lowest BCUT2D eigenvalue weighted by Gasteiger charge is -2.02. The zero-order chi connectivity index (χ0) is 17.8. The molecule has 0 aromatic carbocycles. The van der Waals surface area contributed by atoms with Crippen LogP contribution in [0.15, 0.2) is 24.5 Å². The van der Waals surface area contributed by atoms with E-state index in [1.165, 1.54) is 11.3 Å². The normalized spacial score (nSPS) is 11.0. The number of nitrogens with one attached hydrogen (secondary N) is 2. The first-order valence-corrected chi connectivity index (χ1v) is 8.93. The van der Waals surface area contributed by atoms with Crippen LogP contribution in [0.5, 0.6) is 0 Å². The Morgan fingerprint density at radius 2 is 2.20 bits per heavy atom. The SMILES string of the molecule is Cc1nc(C(C)C)sc1C(=O)NCCc1nc(-c2cccnc2)n[nH]1. The molecule has 0 fully saturated rings. The van der Waals surface area contributed by atoms with Gasteiger partial charge in [-0.05, 0) is 19.1 Å². The second kappa shape index (κ2) is 7.52. The number of amides is 1. The molecule has 3 aromatic heterocycles. The Kier molecular flexibility index (Phi) is 5.18. The highest BCUT2D eigenvalue weighted by Crippen LogP contribution is 2.24. The van der Waals surface area contributed by atoms with Crippen molar-refractivity contribution in [1.82, 2.24) is 30.5 Å². The fourth-order valence-electron chi connectivity index (χ4n) is 2.28. The first-order valence-electron chi connectivity index (χ1n) is 8.11. The van der Waals surface area contributed by atoms with Crippen LogP contribution in [0.1, 0.15) is 46.0 Å². The van der Waals surface area contributed by atoms with Crippen molar-refractivity contribution in [2.24, 2.45) is 0 Å². The summed E-state index contributed by atoms with van der Waals surface area (Å²) < 4.78 is 0. The molecule has 7 nitrogen and oxygen atoms in total. The van der Waals surface area contributed by atoms with Gasteiger partial charge in [-0.15, -0.1) is 11.3 Å². The summed E-state index contributed by atoms with van der Waals surface area (Å²) in [5.41, 5.74) is 1.64. The number of nitrogens with zero attached hydrogens (tertiary/aromatic N) is 4. The van der Waals surface area contributed by atoms with E-state index in [-0.39, 0.29) is 5.91 Å². The Bertz CT molecular complexity index is 855. The maximum absolute atomic E-state index is 12.3. The van der Waals surface area contributed by atoms with Gasteiger partial charge >= 0.3 is 0 Å². The lowest BCUT2D eigenvalue weighted by atomic mass is 10.2. The maximum atomic E-state index is 12.3. The zero-order valence-corrected chi connectivity index (χ0v) is 15.2.